The third-order valence-electron chi connectivity index (χ3n) is 3.59. The van der Waals surface area contributed by atoms with Crippen molar-refractivity contribution < 1.29 is 9.53 Å². The van der Waals surface area contributed by atoms with Crippen LogP contribution in [0.5, 0.6) is 5.75 Å². The van der Waals surface area contributed by atoms with E-state index in [1.165, 1.54) is 5.56 Å². The molecule has 3 nitrogen and oxygen atoms in total. The second kappa shape index (κ2) is 10.0. The van der Waals surface area contributed by atoms with E-state index in [0.717, 1.165) is 22.8 Å². The molecule has 0 saturated heterocycles. The lowest BCUT2D eigenvalue weighted by atomic mass is 10.2. The number of rotatable bonds is 9. The number of hydrogen-bond donors (Lipinski definition) is 1. The molecule has 1 atom stereocenters. The fourth-order valence-corrected chi connectivity index (χ4v) is 3.12. The van der Waals surface area contributed by atoms with Crippen molar-refractivity contribution in [3.8, 4) is 5.75 Å². The van der Waals surface area contributed by atoms with Gasteiger partial charge in [-0.25, -0.2) is 0 Å². The zero-order valence-electron chi connectivity index (χ0n) is 14.3. The molecule has 0 saturated carbocycles. The van der Waals surface area contributed by atoms with Crippen LogP contribution >= 0.6 is 11.8 Å². The molecule has 4 heteroatoms. The van der Waals surface area contributed by atoms with Gasteiger partial charge in [0.25, 0.3) is 5.91 Å². The van der Waals surface area contributed by atoms with E-state index in [2.05, 4.69) is 17.4 Å². The van der Waals surface area contributed by atoms with Crippen molar-refractivity contribution in [3.63, 3.8) is 0 Å². The molecule has 0 aliphatic heterocycles. The van der Waals surface area contributed by atoms with E-state index in [1.54, 1.807) is 0 Å². The smallest absolute Gasteiger partial charge is 0.261 e. The maximum atomic E-state index is 12.3. The van der Waals surface area contributed by atoms with Gasteiger partial charge in [0, 0.05) is 18.1 Å². The number of amides is 1. The van der Waals surface area contributed by atoms with Gasteiger partial charge < -0.3 is 10.1 Å². The minimum atomic E-state index is -0.439. The number of carbonyl (C=O) groups excluding carboxylic acids is 1. The number of nitrogens with one attached hydrogen (secondary N) is 1. The molecule has 0 aliphatic carbocycles. The van der Waals surface area contributed by atoms with Crippen molar-refractivity contribution in [1.82, 2.24) is 5.32 Å². The fourth-order valence-electron chi connectivity index (χ4n) is 2.30. The lowest BCUT2D eigenvalue weighted by Crippen LogP contribution is -2.39. The maximum absolute atomic E-state index is 12.3. The predicted octanol–water partition coefficient (Wildman–Crippen LogP) is 4.20. The average Bonchev–Trinajstić information content (AvgIpc) is 2.60. The molecule has 0 aromatic heterocycles. The highest BCUT2D eigenvalue weighted by Crippen LogP contribution is 2.15. The van der Waals surface area contributed by atoms with Crippen LogP contribution in [0.2, 0.25) is 0 Å². The fraction of sp³-hybridized carbons (Fsp3) is 0.350. The topological polar surface area (TPSA) is 38.3 Å². The molecule has 0 spiro atoms. The Hall–Kier alpha value is -1.94. The molecule has 128 valence electrons. The molecule has 0 radical (unpaired) electrons. The Kier molecular flexibility index (Phi) is 7.69. The van der Waals surface area contributed by atoms with Crippen LogP contribution in [0, 0.1) is 6.92 Å². The van der Waals surface area contributed by atoms with Crippen molar-refractivity contribution in [3.05, 3.63) is 65.7 Å². The molecule has 0 bridgehead atoms. The highest BCUT2D eigenvalue weighted by Gasteiger charge is 2.17. The van der Waals surface area contributed by atoms with E-state index < -0.39 is 6.10 Å². The summed E-state index contributed by atoms with van der Waals surface area (Å²) < 4.78 is 5.81. The van der Waals surface area contributed by atoms with Crippen LogP contribution in [0.4, 0.5) is 0 Å². The first-order valence-electron chi connectivity index (χ1n) is 8.31. The predicted molar refractivity (Wildman–Crippen MR) is 101 cm³/mol. The summed E-state index contributed by atoms with van der Waals surface area (Å²) in [7, 11) is 0. The quantitative estimate of drug-likeness (QED) is 0.694. The first-order valence-corrected chi connectivity index (χ1v) is 9.47. The third kappa shape index (κ3) is 6.28. The van der Waals surface area contributed by atoms with Crippen LogP contribution in [0.25, 0.3) is 0 Å². The van der Waals surface area contributed by atoms with Crippen molar-refractivity contribution >= 4 is 17.7 Å². The third-order valence-corrected chi connectivity index (χ3v) is 4.62. The minimum absolute atomic E-state index is 0.0423. The summed E-state index contributed by atoms with van der Waals surface area (Å²) in [6.45, 7) is 4.63. The van der Waals surface area contributed by atoms with Gasteiger partial charge in [0.05, 0.1) is 0 Å². The number of hydrogen-bond acceptors (Lipinski definition) is 3. The van der Waals surface area contributed by atoms with Crippen LogP contribution in [0.1, 0.15) is 24.5 Å². The highest BCUT2D eigenvalue weighted by molar-refractivity contribution is 7.98. The van der Waals surface area contributed by atoms with Gasteiger partial charge in [-0.05, 0) is 36.6 Å². The van der Waals surface area contributed by atoms with E-state index in [0.29, 0.717) is 13.0 Å². The molecule has 0 unspecified atom stereocenters. The first-order chi connectivity index (χ1) is 11.7. The molecule has 0 aliphatic rings. The van der Waals surface area contributed by atoms with Gasteiger partial charge in [0.2, 0.25) is 0 Å². The van der Waals surface area contributed by atoms with Crippen molar-refractivity contribution in [2.75, 3.05) is 12.3 Å². The Bertz CT molecular complexity index is 631. The lowest BCUT2D eigenvalue weighted by Gasteiger charge is -2.17. The van der Waals surface area contributed by atoms with Gasteiger partial charge in [-0.2, -0.15) is 11.8 Å². The van der Waals surface area contributed by atoms with E-state index in [-0.39, 0.29) is 5.91 Å². The second-order valence-corrected chi connectivity index (χ2v) is 6.77. The molecule has 2 aromatic rings. The summed E-state index contributed by atoms with van der Waals surface area (Å²) in [5.41, 5.74) is 2.43. The van der Waals surface area contributed by atoms with E-state index in [9.17, 15) is 4.79 Å². The molecule has 0 heterocycles. The number of benzene rings is 2. The Morgan fingerprint density at radius 3 is 2.67 bits per heavy atom. The van der Waals surface area contributed by atoms with E-state index in [1.807, 2.05) is 68.1 Å². The Labute approximate surface area is 148 Å². The first kappa shape index (κ1) is 18.4. The summed E-state index contributed by atoms with van der Waals surface area (Å²) in [5.74, 6) is 2.56. The molecule has 24 heavy (non-hydrogen) atoms. The van der Waals surface area contributed by atoms with Crippen molar-refractivity contribution in [2.45, 2.75) is 32.1 Å². The lowest BCUT2D eigenvalue weighted by molar-refractivity contribution is -0.127. The van der Waals surface area contributed by atoms with Crippen LogP contribution in [-0.2, 0) is 10.5 Å². The molecular weight excluding hydrogens is 318 g/mol. The Balaban J connectivity index is 1.70. The molecule has 2 rings (SSSR count). The molecular formula is C20H25NO2S. The number of carbonyl (C=O) groups is 1. The van der Waals surface area contributed by atoms with Crippen LogP contribution in [0.15, 0.2) is 54.6 Å². The Morgan fingerprint density at radius 2 is 1.96 bits per heavy atom. The summed E-state index contributed by atoms with van der Waals surface area (Å²) in [6, 6.07) is 18.1. The molecule has 1 amide bonds. The van der Waals surface area contributed by atoms with Gasteiger partial charge in [0.1, 0.15) is 5.75 Å². The molecule has 2 aromatic carbocycles. The Morgan fingerprint density at radius 1 is 1.17 bits per heavy atom. The minimum Gasteiger partial charge on any atom is -0.481 e. The van der Waals surface area contributed by atoms with E-state index >= 15 is 0 Å². The van der Waals surface area contributed by atoms with Gasteiger partial charge in [-0.1, -0.05) is 49.4 Å². The summed E-state index contributed by atoms with van der Waals surface area (Å²) in [4.78, 5) is 12.3. The number of thioether (sulfide) groups is 1. The summed E-state index contributed by atoms with van der Waals surface area (Å²) in [5, 5.41) is 2.97. The second-order valence-electron chi connectivity index (χ2n) is 5.66. The van der Waals surface area contributed by atoms with E-state index in [4.69, 9.17) is 4.74 Å². The normalized spacial score (nSPS) is 11.8. The largest absolute Gasteiger partial charge is 0.481 e. The molecule has 0 fully saturated rings. The standard InChI is InChI=1S/C20H25NO2S/c1-3-19(23-18-11-7-8-16(2)14-18)20(22)21-12-13-24-15-17-9-5-4-6-10-17/h4-11,14,19H,3,12-13,15H2,1-2H3,(H,21,22)/t19-/m1/s1. The van der Waals surface area contributed by atoms with Gasteiger partial charge >= 0.3 is 0 Å². The van der Waals surface area contributed by atoms with Gasteiger partial charge in [-0.3, -0.25) is 4.79 Å². The summed E-state index contributed by atoms with van der Waals surface area (Å²) in [6.07, 6.45) is 0.211. The van der Waals surface area contributed by atoms with Gasteiger partial charge in [0.15, 0.2) is 6.10 Å². The highest BCUT2D eigenvalue weighted by atomic mass is 32.2. The number of aryl methyl sites for hydroxylation is 1. The van der Waals surface area contributed by atoms with Crippen molar-refractivity contribution in [1.29, 1.82) is 0 Å². The maximum Gasteiger partial charge on any atom is 0.261 e. The van der Waals surface area contributed by atoms with Crippen LogP contribution in [0.3, 0.4) is 0 Å². The monoisotopic (exact) mass is 343 g/mol. The SMILES string of the molecule is CC[C@@H](Oc1cccc(C)c1)C(=O)NCCSCc1ccccc1. The summed E-state index contributed by atoms with van der Waals surface area (Å²) >= 11 is 1.82. The zero-order chi connectivity index (χ0) is 17.2. The zero-order valence-corrected chi connectivity index (χ0v) is 15.1. The number of ether oxygens (including phenoxy) is 1. The van der Waals surface area contributed by atoms with Crippen molar-refractivity contribution in [2.24, 2.45) is 0 Å². The van der Waals surface area contributed by atoms with Crippen LogP contribution in [-0.4, -0.2) is 24.3 Å². The average molecular weight is 343 g/mol. The molecule has 1 N–H and O–H groups in total. The van der Waals surface area contributed by atoms with Crippen LogP contribution < -0.4 is 10.1 Å². The van der Waals surface area contributed by atoms with Gasteiger partial charge in [-0.15, -0.1) is 0 Å².